The van der Waals surface area contributed by atoms with Crippen LogP contribution in [0.15, 0.2) is 30.5 Å². The van der Waals surface area contributed by atoms with Crippen LogP contribution in [0.1, 0.15) is 12.6 Å². The van der Waals surface area contributed by atoms with Crippen LogP contribution in [0.25, 0.3) is 10.8 Å². The third kappa shape index (κ3) is 1.96. The Morgan fingerprint density at radius 2 is 2.20 bits per heavy atom. The Kier molecular flexibility index (Phi) is 2.37. The fraction of sp³-hybridized carbons (Fsp3) is 0.167. The number of carbonyl (C=O) groups is 1. The molecule has 0 unspecified atom stereocenters. The van der Waals surface area contributed by atoms with E-state index in [1.54, 1.807) is 0 Å². The zero-order valence-electron chi connectivity index (χ0n) is 8.74. The highest BCUT2D eigenvalue weighted by molar-refractivity contribution is 6.01. The highest BCUT2D eigenvalue weighted by Crippen LogP contribution is 2.23. The highest BCUT2D eigenvalue weighted by atomic mass is 16.1. The quantitative estimate of drug-likeness (QED) is 0.768. The second-order valence-corrected chi connectivity index (χ2v) is 3.53. The summed E-state index contributed by atoms with van der Waals surface area (Å²) < 4.78 is 0. The van der Waals surface area contributed by atoms with Crippen molar-refractivity contribution in [1.29, 1.82) is 0 Å². The standard InChI is InChI=1S/C12H12N2O/c1-8-6-11-10(7-13-8)4-3-5-12(11)14-9(2)15/h3-7H,1-2H3,(H,14,15). The Balaban J connectivity index is 2.63. The molecule has 0 spiro atoms. The van der Waals surface area contributed by atoms with E-state index in [1.807, 2.05) is 37.4 Å². The number of amides is 1. The molecule has 0 saturated heterocycles. The summed E-state index contributed by atoms with van der Waals surface area (Å²) in [5, 5.41) is 4.87. The summed E-state index contributed by atoms with van der Waals surface area (Å²) in [6.07, 6.45) is 1.82. The van der Waals surface area contributed by atoms with Crippen molar-refractivity contribution in [3.05, 3.63) is 36.2 Å². The van der Waals surface area contributed by atoms with Crippen LogP contribution in [0.3, 0.4) is 0 Å². The first-order valence-corrected chi connectivity index (χ1v) is 4.80. The number of aryl methyl sites for hydroxylation is 1. The lowest BCUT2D eigenvalue weighted by Crippen LogP contribution is -2.06. The normalized spacial score (nSPS) is 10.3. The number of hydrogen-bond acceptors (Lipinski definition) is 2. The minimum absolute atomic E-state index is 0.0584. The molecule has 1 amide bonds. The summed E-state index contributed by atoms with van der Waals surface area (Å²) in [6.45, 7) is 3.44. The fourth-order valence-corrected chi connectivity index (χ4v) is 1.57. The molecule has 1 aromatic heterocycles. The first-order valence-electron chi connectivity index (χ1n) is 4.80. The number of benzene rings is 1. The molecule has 0 fully saturated rings. The summed E-state index contributed by atoms with van der Waals surface area (Å²) in [5.74, 6) is -0.0584. The van der Waals surface area contributed by atoms with Crippen LogP contribution in [0, 0.1) is 6.92 Å². The smallest absolute Gasteiger partial charge is 0.221 e. The van der Waals surface area contributed by atoms with E-state index in [0.29, 0.717) is 0 Å². The number of aromatic nitrogens is 1. The molecule has 76 valence electrons. The summed E-state index contributed by atoms with van der Waals surface area (Å²) in [6, 6.07) is 7.75. The van der Waals surface area contributed by atoms with Crippen molar-refractivity contribution in [3.8, 4) is 0 Å². The monoisotopic (exact) mass is 200 g/mol. The SMILES string of the molecule is CC(=O)Nc1cccc2cnc(C)cc12. The van der Waals surface area contributed by atoms with E-state index in [0.717, 1.165) is 22.2 Å². The van der Waals surface area contributed by atoms with Crippen LogP contribution in [0.2, 0.25) is 0 Å². The molecule has 15 heavy (non-hydrogen) atoms. The molecule has 0 saturated carbocycles. The van der Waals surface area contributed by atoms with Crippen molar-refractivity contribution < 1.29 is 4.79 Å². The number of carbonyl (C=O) groups excluding carboxylic acids is 1. The van der Waals surface area contributed by atoms with Gasteiger partial charge in [-0.05, 0) is 19.1 Å². The predicted octanol–water partition coefficient (Wildman–Crippen LogP) is 2.50. The van der Waals surface area contributed by atoms with E-state index in [1.165, 1.54) is 6.92 Å². The molecule has 0 bridgehead atoms. The van der Waals surface area contributed by atoms with E-state index in [4.69, 9.17) is 0 Å². The number of rotatable bonds is 1. The third-order valence-electron chi connectivity index (χ3n) is 2.21. The number of hydrogen-bond donors (Lipinski definition) is 1. The molecule has 2 aromatic rings. The van der Waals surface area contributed by atoms with Crippen molar-refractivity contribution in [3.63, 3.8) is 0 Å². The number of nitrogens with one attached hydrogen (secondary N) is 1. The van der Waals surface area contributed by atoms with E-state index in [-0.39, 0.29) is 5.91 Å². The van der Waals surface area contributed by atoms with E-state index >= 15 is 0 Å². The summed E-state index contributed by atoms with van der Waals surface area (Å²) >= 11 is 0. The van der Waals surface area contributed by atoms with Crippen LogP contribution < -0.4 is 5.32 Å². The largest absolute Gasteiger partial charge is 0.326 e. The Labute approximate surface area is 88.1 Å². The molecule has 3 nitrogen and oxygen atoms in total. The number of nitrogens with zero attached hydrogens (tertiary/aromatic N) is 1. The van der Waals surface area contributed by atoms with Gasteiger partial charge in [0.25, 0.3) is 0 Å². The summed E-state index contributed by atoms with van der Waals surface area (Å²) in [4.78, 5) is 15.2. The Morgan fingerprint density at radius 3 is 2.93 bits per heavy atom. The predicted molar refractivity (Wildman–Crippen MR) is 60.8 cm³/mol. The van der Waals surface area contributed by atoms with Gasteiger partial charge in [0.2, 0.25) is 5.91 Å². The molecular weight excluding hydrogens is 188 g/mol. The molecule has 1 N–H and O–H groups in total. The number of pyridine rings is 1. The lowest BCUT2D eigenvalue weighted by Gasteiger charge is -2.06. The topological polar surface area (TPSA) is 42.0 Å². The minimum atomic E-state index is -0.0584. The molecule has 1 aromatic carbocycles. The number of fused-ring (bicyclic) bond motifs is 1. The average Bonchev–Trinajstić information content (AvgIpc) is 2.18. The van der Waals surface area contributed by atoms with Gasteiger partial charge in [0.05, 0.1) is 0 Å². The van der Waals surface area contributed by atoms with E-state index in [9.17, 15) is 4.79 Å². The van der Waals surface area contributed by atoms with Gasteiger partial charge in [-0.25, -0.2) is 0 Å². The van der Waals surface area contributed by atoms with E-state index in [2.05, 4.69) is 10.3 Å². The van der Waals surface area contributed by atoms with Crippen LogP contribution >= 0.6 is 0 Å². The second-order valence-electron chi connectivity index (χ2n) is 3.53. The van der Waals surface area contributed by atoms with Gasteiger partial charge in [-0.2, -0.15) is 0 Å². The average molecular weight is 200 g/mol. The molecule has 0 aliphatic carbocycles. The van der Waals surface area contributed by atoms with Crippen LogP contribution in [0.5, 0.6) is 0 Å². The highest BCUT2D eigenvalue weighted by Gasteiger charge is 2.02. The van der Waals surface area contributed by atoms with Gasteiger partial charge in [-0.3, -0.25) is 9.78 Å². The van der Waals surface area contributed by atoms with Gasteiger partial charge in [0, 0.05) is 35.3 Å². The summed E-state index contributed by atoms with van der Waals surface area (Å²) in [5.41, 5.74) is 1.78. The van der Waals surface area contributed by atoms with Crippen LogP contribution in [-0.4, -0.2) is 10.9 Å². The van der Waals surface area contributed by atoms with E-state index < -0.39 is 0 Å². The molecule has 0 atom stereocenters. The lowest BCUT2D eigenvalue weighted by atomic mass is 10.1. The zero-order valence-corrected chi connectivity index (χ0v) is 8.74. The molecule has 0 aliphatic heterocycles. The van der Waals surface area contributed by atoms with Crippen LogP contribution in [0.4, 0.5) is 5.69 Å². The Hall–Kier alpha value is -1.90. The second kappa shape index (κ2) is 3.69. The molecule has 3 heteroatoms. The fourth-order valence-electron chi connectivity index (χ4n) is 1.57. The lowest BCUT2D eigenvalue weighted by molar-refractivity contribution is -0.114. The maximum atomic E-state index is 11.0. The number of anilines is 1. The first-order chi connectivity index (χ1) is 7.16. The van der Waals surface area contributed by atoms with Gasteiger partial charge in [0.1, 0.15) is 0 Å². The molecule has 1 heterocycles. The van der Waals surface area contributed by atoms with Crippen molar-refractivity contribution >= 4 is 22.4 Å². The summed E-state index contributed by atoms with van der Waals surface area (Å²) in [7, 11) is 0. The Bertz CT molecular complexity index is 520. The van der Waals surface area contributed by atoms with Crippen LogP contribution in [-0.2, 0) is 4.79 Å². The first kappa shape index (κ1) is 9.65. The van der Waals surface area contributed by atoms with Crippen molar-refractivity contribution in [2.24, 2.45) is 0 Å². The molecular formula is C12H12N2O. The molecule has 0 radical (unpaired) electrons. The molecule has 2 rings (SSSR count). The van der Waals surface area contributed by atoms with Gasteiger partial charge >= 0.3 is 0 Å². The van der Waals surface area contributed by atoms with Crippen molar-refractivity contribution in [2.75, 3.05) is 5.32 Å². The Morgan fingerprint density at radius 1 is 1.40 bits per heavy atom. The van der Waals surface area contributed by atoms with Gasteiger partial charge in [-0.1, -0.05) is 12.1 Å². The maximum absolute atomic E-state index is 11.0. The molecule has 0 aliphatic rings. The van der Waals surface area contributed by atoms with Gasteiger partial charge in [-0.15, -0.1) is 0 Å². The third-order valence-corrected chi connectivity index (χ3v) is 2.21. The maximum Gasteiger partial charge on any atom is 0.221 e. The zero-order chi connectivity index (χ0) is 10.8. The minimum Gasteiger partial charge on any atom is -0.326 e. The van der Waals surface area contributed by atoms with Gasteiger partial charge < -0.3 is 5.32 Å². The van der Waals surface area contributed by atoms with Crippen molar-refractivity contribution in [1.82, 2.24) is 4.98 Å². The van der Waals surface area contributed by atoms with Gasteiger partial charge in [0.15, 0.2) is 0 Å². The van der Waals surface area contributed by atoms with Crippen molar-refractivity contribution in [2.45, 2.75) is 13.8 Å².